The largest absolute Gasteiger partial charge is 0.435 e. The van der Waals surface area contributed by atoms with Crippen molar-refractivity contribution in [2.45, 2.75) is 47.0 Å². The summed E-state index contributed by atoms with van der Waals surface area (Å²) in [5, 5.41) is 0.413. The fourth-order valence-electron chi connectivity index (χ4n) is 3.27. The fourth-order valence-corrected chi connectivity index (χ4v) is 5.84. The van der Waals surface area contributed by atoms with Gasteiger partial charge >= 0.3 is 6.61 Å². The highest BCUT2D eigenvalue weighted by molar-refractivity contribution is 7.98. The van der Waals surface area contributed by atoms with E-state index < -0.39 is 27.3 Å². The van der Waals surface area contributed by atoms with Crippen LogP contribution in [0.1, 0.15) is 31.6 Å². The normalized spacial score (nSPS) is 22.6. The van der Waals surface area contributed by atoms with Crippen LogP contribution in [0.5, 0.6) is 5.75 Å². The van der Waals surface area contributed by atoms with E-state index in [-0.39, 0.29) is 30.1 Å². The molecule has 2 atom stereocenters. The number of thioether (sulfide) groups is 1. The Morgan fingerprint density at radius 2 is 2.14 bits per heavy atom. The minimum absolute atomic E-state index is 0.0735. The molecule has 29 heavy (non-hydrogen) atoms. The molecule has 2 heterocycles. The standard InChI is InChI=1S/C19H20ClF2NO4S2/c1-19(29(24,25)14-5-3-4-12(8-14)27-18(21)22)6-7-26-16(10-19)17-15(20)9-13(28-2)11-23-17/h3-5,8-9,11,16,18H,6-7,10H2,1-2H3. The zero-order valence-corrected chi connectivity index (χ0v) is 18.2. The molecule has 1 aliphatic heterocycles. The monoisotopic (exact) mass is 463 g/mol. The van der Waals surface area contributed by atoms with Crippen molar-refractivity contribution in [3.05, 3.63) is 47.2 Å². The van der Waals surface area contributed by atoms with E-state index in [0.717, 1.165) is 11.0 Å². The van der Waals surface area contributed by atoms with Gasteiger partial charge in [-0.05, 0) is 50.3 Å². The summed E-state index contributed by atoms with van der Waals surface area (Å²) in [6.07, 6.45) is 3.38. The Morgan fingerprint density at radius 3 is 2.79 bits per heavy atom. The van der Waals surface area contributed by atoms with E-state index >= 15 is 0 Å². The molecular formula is C19H20ClF2NO4S2. The van der Waals surface area contributed by atoms with E-state index in [0.29, 0.717) is 10.7 Å². The van der Waals surface area contributed by atoms with Crippen molar-refractivity contribution in [2.24, 2.45) is 0 Å². The van der Waals surface area contributed by atoms with Crippen LogP contribution in [0, 0.1) is 0 Å². The van der Waals surface area contributed by atoms with Crippen molar-refractivity contribution >= 4 is 33.2 Å². The molecule has 10 heteroatoms. The number of hydrogen-bond donors (Lipinski definition) is 0. The van der Waals surface area contributed by atoms with Gasteiger partial charge in [0.25, 0.3) is 0 Å². The zero-order valence-electron chi connectivity index (χ0n) is 15.8. The number of pyridine rings is 1. The molecule has 158 valence electrons. The van der Waals surface area contributed by atoms with Crippen molar-refractivity contribution in [1.82, 2.24) is 4.98 Å². The van der Waals surface area contributed by atoms with Crippen LogP contribution in [0.2, 0.25) is 5.02 Å². The second kappa shape index (κ2) is 8.75. The molecule has 0 spiro atoms. The fraction of sp³-hybridized carbons (Fsp3) is 0.421. The molecule has 1 saturated heterocycles. The minimum Gasteiger partial charge on any atom is -0.435 e. The maximum absolute atomic E-state index is 13.4. The Balaban J connectivity index is 1.91. The third-order valence-electron chi connectivity index (χ3n) is 4.94. The van der Waals surface area contributed by atoms with Gasteiger partial charge in [0.05, 0.1) is 20.4 Å². The molecule has 3 rings (SSSR count). The molecular weight excluding hydrogens is 444 g/mol. The Labute approximate surface area is 177 Å². The van der Waals surface area contributed by atoms with Crippen LogP contribution >= 0.6 is 23.4 Å². The number of alkyl halides is 2. The van der Waals surface area contributed by atoms with Gasteiger partial charge in [0.2, 0.25) is 0 Å². The van der Waals surface area contributed by atoms with E-state index in [9.17, 15) is 17.2 Å². The van der Waals surface area contributed by atoms with E-state index in [2.05, 4.69) is 9.72 Å². The number of benzene rings is 1. The third-order valence-corrected chi connectivity index (χ3v) is 8.48. The molecule has 2 aromatic rings. The highest BCUT2D eigenvalue weighted by Crippen LogP contribution is 2.43. The second-order valence-electron chi connectivity index (χ2n) is 6.86. The average molecular weight is 464 g/mol. The molecule has 1 aromatic heterocycles. The summed E-state index contributed by atoms with van der Waals surface area (Å²) in [6.45, 7) is -1.20. The van der Waals surface area contributed by atoms with Crippen LogP contribution in [0.3, 0.4) is 0 Å². The van der Waals surface area contributed by atoms with Crippen LogP contribution in [0.25, 0.3) is 0 Å². The van der Waals surface area contributed by atoms with Gasteiger partial charge in [-0.2, -0.15) is 8.78 Å². The summed E-state index contributed by atoms with van der Waals surface area (Å²) >= 11 is 7.84. The Hall–Kier alpha value is -1.42. The minimum atomic E-state index is -3.87. The van der Waals surface area contributed by atoms with Crippen molar-refractivity contribution in [3.8, 4) is 5.75 Å². The molecule has 0 bridgehead atoms. The van der Waals surface area contributed by atoms with Crippen LogP contribution in [0.4, 0.5) is 8.78 Å². The van der Waals surface area contributed by atoms with E-state index in [1.165, 1.54) is 30.0 Å². The second-order valence-corrected chi connectivity index (χ2v) is 10.6. The molecule has 0 saturated carbocycles. The van der Waals surface area contributed by atoms with Gasteiger partial charge in [-0.15, -0.1) is 11.8 Å². The third kappa shape index (κ3) is 4.68. The van der Waals surface area contributed by atoms with Crippen molar-refractivity contribution in [3.63, 3.8) is 0 Å². The lowest BCUT2D eigenvalue weighted by Gasteiger charge is -2.37. The smallest absolute Gasteiger partial charge is 0.387 e. The number of nitrogens with zero attached hydrogens (tertiary/aromatic N) is 1. The number of aromatic nitrogens is 1. The lowest BCUT2D eigenvalue weighted by atomic mass is 9.94. The predicted molar refractivity (Wildman–Crippen MR) is 108 cm³/mol. The average Bonchev–Trinajstić information content (AvgIpc) is 2.67. The quantitative estimate of drug-likeness (QED) is 0.552. The van der Waals surface area contributed by atoms with Crippen molar-refractivity contribution < 1.29 is 26.7 Å². The van der Waals surface area contributed by atoms with Crippen molar-refractivity contribution in [1.29, 1.82) is 0 Å². The SMILES string of the molecule is CSc1cnc(C2CC(C)(S(=O)(=O)c3cccc(OC(F)F)c3)CCO2)c(Cl)c1. The maximum Gasteiger partial charge on any atom is 0.387 e. The number of rotatable bonds is 6. The first-order valence-corrected chi connectivity index (χ1v) is 11.9. The molecule has 2 unspecified atom stereocenters. The summed E-state index contributed by atoms with van der Waals surface area (Å²) < 4.78 is 60.7. The first-order chi connectivity index (χ1) is 13.7. The lowest BCUT2D eigenvalue weighted by molar-refractivity contribution is -0.0499. The topological polar surface area (TPSA) is 65.5 Å². The molecule has 0 aliphatic carbocycles. The molecule has 0 amide bonds. The first kappa shape index (κ1) is 22.3. The van der Waals surface area contributed by atoms with Crippen LogP contribution in [-0.2, 0) is 14.6 Å². The molecule has 0 radical (unpaired) electrons. The van der Waals surface area contributed by atoms with Gasteiger partial charge in [0.15, 0.2) is 9.84 Å². The molecule has 1 aromatic carbocycles. The van der Waals surface area contributed by atoms with E-state index in [1.54, 1.807) is 19.2 Å². The summed E-state index contributed by atoms with van der Waals surface area (Å²) in [5.74, 6) is -0.203. The predicted octanol–water partition coefficient (Wildman–Crippen LogP) is 5.14. The van der Waals surface area contributed by atoms with Gasteiger partial charge in [-0.3, -0.25) is 4.98 Å². The van der Waals surface area contributed by atoms with Gasteiger partial charge < -0.3 is 9.47 Å². The Morgan fingerprint density at radius 1 is 1.38 bits per heavy atom. The van der Waals surface area contributed by atoms with Gasteiger partial charge in [-0.1, -0.05) is 17.7 Å². The van der Waals surface area contributed by atoms with E-state index in [1.807, 2.05) is 6.26 Å². The molecule has 5 nitrogen and oxygen atoms in total. The van der Waals surface area contributed by atoms with Crippen LogP contribution in [-0.4, -0.2) is 37.6 Å². The summed E-state index contributed by atoms with van der Waals surface area (Å²) in [5.41, 5.74) is 0.486. The summed E-state index contributed by atoms with van der Waals surface area (Å²) in [7, 11) is -3.87. The number of halogens is 3. The van der Waals surface area contributed by atoms with Crippen LogP contribution in [0.15, 0.2) is 46.3 Å². The van der Waals surface area contributed by atoms with Gasteiger partial charge in [-0.25, -0.2) is 8.42 Å². The Bertz CT molecular complexity index is 990. The maximum atomic E-state index is 13.4. The van der Waals surface area contributed by atoms with E-state index in [4.69, 9.17) is 16.3 Å². The lowest BCUT2D eigenvalue weighted by Crippen LogP contribution is -2.42. The summed E-state index contributed by atoms with van der Waals surface area (Å²) in [4.78, 5) is 5.18. The first-order valence-electron chi connectivity index (χ1n) is 8.77. The van der Waals surface area contributed by atoms with Crippen molar-refractivity contribution in [2.75, 3.05) is 12.9 Å². The summed E-state index contributed by atoms with van der Waals surface area (Å²) in [6, 6.07) is 6.93. The Kier molecular flexibility index (Phi) is 6.72. The number of sulfone groups is 1. The molecule has 1 aliphatic rings. The number of hydrogen-bond acceptors (Lipinski definition) is 6. The highest BCUT2D eigenvalue weighted by Gasteiger charge is 2.45. The van der Waals surface area contributed by atoms with Gasteiger partial charge in [0, 0.05) is 17.7 Å². The highest BCUT2D eigenvalue weighted by atomic mass is 35.5. The molecule has 1 fully saturated rings. The van der Waals surface area contributed by atoms with Gasteiger partial charge in [0.1, 0.15) is 11.9 Å². The number of ether oxygens (including phenoxy) is 2. The zero-order chi connectivity index (χ0) is 21.2. The van der Waals surface area contributed by atoms with Crippen LogP contribution < -0.4 is 4.74 Å². The molecule has 0 N–H and O–H groups in total.